The monoisotopic (exact) mass is 123 g/mol. The first kappa shape index (κ1) is 4.97. The van der Waals surface area contributed by atoms with Crippen LogP contribution in [0.2, 0.25) is 0 Å². The molecule has 0 aromatic carbocycles. The van der Waals surface area contributed by atoms with E-state index >= 15 is 0 Å². The molecule has 0 N–H and O–H groups in total. The Morgan fingerprint density at radius 1 is 1.56 bits per heavy atom. The van der Waals surface area contributed by atoms with Crippen LogP contribution < -0.4 is 0 Å². The lowest BCUT2D eigenvalue weighted by Gasteiger charge is -2.19. The molecule has 0 atom stereocenters. The van der Waals surface area contributed by atoms with Gasteiger partial charge in [0.25, 0.3) is 0 Å². The summed E-state index contributed by atoms with van der Waals surface area (Å²) in [5.74, 6) is 1.18. The minimum Gasteiger partial charge on any atom is -0.352 e. The van der Waals surface area contributed by atoms with Gasteiger partial charge >= 0.3 is 0 Å². The number of rotatable bonds is 0. The highest BCUT2D eigenvalue weighted by atomic mass is 15.3. The number of nitrogens with zero attached hydrogens (tertiary/aromatic N) is 3. The Morgan fingerprint density at radius 2 is 2.56 bits per heavy atom. The number of hydrogen-bond donors (Lipinski definition) is 0. The van der Waals surface area contributed by atoms with Crippen molar-refractivity contribution in [2.45, 2.75) is 0 Å². The van der Waals surface area contributed by atoms with Crippen LogP contribution in [-0.2, 0) is 0 Å². The second kappa shape index (κ2) is 1.83. The highest BCUT2D eigenvalue weighted by molar-refractivity contribution is 5.90. The highest BCUT2D eigenvalue weighted by Crippen LogP contribution is 2.03. The number of aliphatic imine (C=N–C) groups is 2. The Labute approximate surface area is 54.1 Å². The molecule has 0 unspecified atom stereocenters. The maximum atomic E-state index is 4.29. The van der Waals surface area contributed by atoms with Crippen molar-refractivity contribution in [1.82, 2.24) is 4.90 Å². The number of amidine groups is 1. The summed E-state index contributed by atoms with van der Waals surface area (Å²) in [5, 5.41) is 0. The van der Waals surface area contributed by atoms with E-state index in [0.717, 1.165) is 26.2 Å². The van der Waals surface area contributed by atoms with Crippen LogP contribution in [0.25, 0.3) is 0 Å². The zero-order chi connectivity index (χ0) is 6.10. The van der Waals surface area contributed by atoms with Crippen LogP contribution in [0.5, 0.6) is 0 Å². The topological polar surface area (TPSA) is 28.0 Å². The van der Waals surface area contributed by atoms with E-state index in [1.54, 1.807) is 0 Å². The second-order valence-corrected chi connectivity index (χ2v) is 2.27. The normalized spacial score (nSPS) is 24.0. The molecule has 0 aromatic heterocycles. The third-order valence-electron chi connectivity index (χ3n) is 1.69. The van der Waals surface area contributed by atoms with Crippen molar-refractivity contribution in [1.29, 1.82) is 0 Å². The van der Waals surface area contributed by atoms with Crippen molar-refractivity contribution in [2.24, 2.45) is 9.98 Å². The van der Waals surface area contributed by atoms with Gasteiger partial charge in [-0.25, -0.2) is 0 Å². The highest BCUT2D eigenvalue weighted by Gasteiger charge is 2.16. The second-order valence-electron chi connectivity index (χ2n) is 2.27. The van der Waals surface area contributed by atoms with Gasteiger partial charge in [-0.2, -0.15) is 0 Å². The van der Waals surface area contributed by atoms with E-state index in [1.807, 2.05) is 6.21 Å². The number of fused-ring (bicyclic) bond motifs is 1. The lowest BCUT2D eigenvalue weighted by atomic mass is 10.4. The molecule has 0 fully saturated rings. The van der Waals surface area contributed by atoms with E-state index in [1.165, 1.54) is 5.84 Å². The van der Waals surface area contributed by atoms with Crippen LogP contribution in [-0.4, -0.2) is 43.1 Å². The van der Waals surface area contributed by atoms with E-state index in [9.17, 15) is 0 Å². The third-order valence-corrected chi connectivity index (χ3v) is 1.69. The van der Waals surface area contributed by atoms with E-state index < -0.39 is 0 Å². The lowest BCUT2D eigenvalue weighted by Crippen LogP contribution is -2.34. The fourth-order valence-corrected chi connectivity index (χ4v) is 1.18. The fraction of sp³-hybridized carbons (Fsp3) is 0.667. The Hall–Kier alpha value is -0.860. The lowest BCUT2D eigenvalue weighted by molar-refractivity contribution is 0.511. The largest absolute Gasteiger partial charge is 0.352 e. The van der Waals surface area contributed by atoms with Gasteiger partial charge in [-0.1, -0.05) is 0 Å². The first-order chi connectivity index (χ1) is 4.47. The average Bonchev–Trinajstić information content (AvgIpc) is 2.33. The van der Waals surface area contributed by atoms with Crippen molar-refractivity contribution in [2.75, 3.05) is 26.2 Å². The summed E-state index contributed by atoms with van der Waals surface area (Å²) in [6.45, 7) is 3.85. The van der Waals surface area contributed by atoms with E-state index in [4.69, 9.17) is 0 Å². The van der Waals surface area contributed by atoms with Crippen molar-refractivity contribution in [3.63, 3.8) is 0 Å². The molecule has 0 aromatic rings. The molecule has 48 valence electrons. The Kier molecular flexibility index (Phi) is 1.01. The summed E-state index contributed by atoms with van der Waals surface area (Å²) in [6.07, 6.45) is 1.96. The van der Waals surface area contributed by atoms with Crippen LogP contribution in [0.3, 0.4) is 0 Å². The molecule has 3 heteroatoms. The third kappa shape index (κ3) is 0.724. The Bertz CT molecular complexity index is 171. The summed E-state index contributed by atoms with van der Waals surface area (Å²) in [7, 11) is 0. The SMILES string of the molecule is C1=NCC2=NCCN2C1. The summed E-state index contributed by atoms with van der Waals surface area (Å²) >= 11 is 0. The van der Waals surface area contributed by atoms with Crippen molar-refractivity contribution < 1.29 is 0 Å². The van der Waals surface area contributed by atoms with Gasteiger partial charge in [0, 0.05) is 12.8 Å². The molecule has 0 saturated heterocycles. The molecule has 2 aliphatic rings. The zero-order valence-electron chi connectivity index (χ0n) is 5.25. The Morgan fingerprint density at radius 3 is 3.44 bits per heavy atom. The summed E-state index contributed by atoms with van der Waals surface area (Å²) < 4.78 is 0. The van der Waals surface area contributed by atoms with Gasteiger partial charge in [0.1, 0.15) is 5.84 Å². The van der Waals surface area contributed by atoms with Gasteiger partial charge < -0.3 is 4.90 Å². The van der Waals surface area contributed by atoms with E-state index in [0.29, 0.717) is 0 Å². The molecule has 2 rings (SSSR count). The van der Waals surface area contributed by atoms with Crippen LogP contribution in [0.1, 0.15) is 0 Å². The van der Waals surface area contributed by atoms with E-state index in [2.05, 4.69) is 14.9 Å². The molecular weight excluding hydrogens is 114 g/mol. The molecule has 0 bridgehead atoms. The van der Waals surface area contributed by atoms with Gasteiger partial charge in [0.15, 0.2) is 0 Å². The van der Waals surface area contributed by atoms with Crippen LogP contribution in [0.4, 0.5) is 0 Å². The van der Waals surface area contributed by atoms with Crippen LogP contribution >= 0.6 is 0 Å². The molecule has 0 aliphatic carbocycles. The van der Waals surface area contributed by atoms with Crippen molar-refractivity contribution >= 4 is 12.1 Å². The molecule has 9 heavy (non-hydrogen) atoms. The van der Waals surface area contributed by atoms with Gasteiger partial charge in [-0.15, -0.1) is 0 Å². The number of hydrogen-bond acceptors (Lipinski definition) is 3. The predicted octanol–water partition coefficient (Wildman–Crippen LogP) is -0.215. The quantitative estimate of drug-likeness (QED) is 0.438. The van der Waals surface area contributed by atoms with Crippen LogP contribution in [0.15, 0.2) is 9.98 Å². The zero-order valence-corrected chi connectivity index (χ0v) is 5.25. The Balaban J connectivity index is 2.20. The predicted molar refractivity (Wildman–Crippen MR) is 37.2 cm³/mol. The summed E-state index contributed by atoms with van der Waals surface area (Å²) in [6, 6.07) is 0. The molecule has 0 saturated carbocycles. The average molecular weight is 123 g/mol. The molecule has 0 radical (unpaired) electrons. The van der Waals surface area contributed by atoms with Gasteiger partial charge in [-0.3, -0.25) is 9.98 Å². The molecule has 0 amide bonds. The minimum absolute atomic E-state index is 0.806. The first-order valence-electron chi connectivity index (χ1n) is 3.23. The smallest absolute Gasteiger partial charge is 0.121 e. The fourth-order valence-electron chi connectivity index (χ4n) is 1.18. The first-order valence-corrected chi connectivity index (χ1v) is 3.23. The minimum atomic E-state index is 0.806. The van der Waals surface area contributed by atoms with Crippen molar-refractivity contribution in [3.05, 3.63) is 0 Å². The van der Waals surface area contributed by atoms with Gasteiger partial charge in [0.05, 0.1) is 19.6 Å². The molecule has 2 heterocycles. The van der Waals surface area contributed by atoms with Gasteiger partial charge in [-0.05, 0) is 0 Å². The molecule has 2 aliphatic heterocycles. The maximum Gasteiger partial charge on any atom is 0.121 e. The molecular formula is C6H9N3. The van der Waals surface area contributed by atoms with Crippen LogP contribution in [0, 0.1) is 0 Å². The summed E-state index contributed by atoms with van der Waals surface area (Å²) in [5.41, 5.74) is 0. The summed E-state index contributed by atoms with van der Waals surface area (Å²) in [4.78, 5) is 10.7. The van der Waals surface area contributed by atoms with Gasteiger partial charge in [0.2, 0.25) is 0 Å². The standard InChI is InChI=1S/C6H9N3/c1-3-9-4-2-8-6(9)5-7-1/h1H,2-5H2. The van der Waals surface area contributed by atoms with Crippen molar-refractivity contribution in [3.8, 4) is 0 Å². The molecule has 3 nitrogen and oxygen atoms in total. The molecule has 0 spiro atoms. The maximum absolute atomic E-state index is 4.29. The van der Waals surface area contributed by atoms with E-state index in [-0.39, 0.29) is 0 Å².